The molecule has 0 aliphatic carbocycles. The smallest absolute Gasteiger partial charge is 0.00695 e. The molecule has 0 aromatic heterocycles. The number of aryl methyl sites for hydroxylation is 2. The van der Waals surface area contributed by atoms with E-state index < -0.39 is 0 Å². The maximum absolute atomic E-state index is 2.28. The number of benzene rings is 2. The molecule has 0 bridgehead atoms. The van der Waals surface area contributed by atoms with Crippen LogP contribution in [0.2, 0.25) is 0 Å². The van der Waals surface area contributed by atoms with E-state index in [9.17, 15) is 0 Å². The van der Waals surface area contributed by atoms with E-state index in [4.69, 9.17) is 0 Å². The van der Waals surface area contributed by atoms with Crippen molar-refractivity contribution >= 4 is 11.8 Å². The van der Waals surface area contributed by atoms with E-state index in [-0.39, 0.29) is 0 Å². The number of hydrogen-bond donors (Lipinski definition) is 0. The highest BCUT2D eigenvalue weighted by Crippen LogP contribution is 2.27. The Morgan fingerprint density at radius 1 is 1.00 bits per heavy atom. The SMILES string of the molecule is CCc1ccc(C)cc1-c1ccc(SC)cc1. The minimum Gasteiger partial charge on any atom is -0.130 e. The molecule has 2 rings (SSSR count). The van der Waals surface area contributed by atoms with Crippen molar-refractivity contribution in [3.05, 3.63) is 53.6 Å². The molecule has 0 atom stereocenters. The minimum absolute atomic E-state index is 1.08. The Kier molecular flexibility index (Phi) is 3.90. The van der Waals surface area contributed by atoms with Gasteiger partial charge in [0.2, 0.25) is 0 Å². The fourth-order valence-corrected chi connectivity index (χ4v) is 2.45. The van der Waals surface area contributed by atoms with Gasteiger partial charge in [-0.1, -0.05) is 42.8 Å². The van der Waals surface area contributed by atoms with Crippen LogP contribution in [0.4, 0.5) is 0 Å². The van der Waals surface area contributed by atoms with Crippen LogP contribution in [-0.4, -0.2) is 6.26 Å². The lowest BCUT2D eigenvalue weighted by Gasteiger charge is -2.10. The third-order valence-corrected chi connectivity index (χ3v) is 3.79. The van der Waals surface area contributed by atoms with Gasteiger partial charge in [-0.3, -0.25) is 0 Å². The second-order valence-electron chi connectivity index (χ2n) is 4.24. The van der Waals surface area contributed by atoms with E-state index in [0.717, 1.165) is 6.42 Å². The zero-order valence-corrected chi connectivity index (χ0v) is 11.5. The van der Waals surface area contributed by atoms with Gasteiger partial charge in [-0.25, -0.2) is 0 Å². The lowest BCUT2D eigenvalue weighted by molar-refractivity contribution is 1.14. The number of hydrogen-bond acceptors (Lipinski definition) is 1. The molecule has 0 heterocycles. The average Bonchev–Trinajstić information content (AvgIpc) is 2.39. The van der Waals surface area contributed by atoms with Crippen molar-refractivity contribution in [1.82, 2.24) is 0 Å². The van der Waals surface area contributed by atoms with Crippen molar-refractivity contribution in [3.8, 4) is 11.1 Å². The van der Waals surface area contributed by atoms with Crippen LogP contribution >= 0.6 is 11.8 Å². The summed E-state index contributed by atoms with van der Waals surface area (Å²) >= 11 is 1.79. The Morgan fingerprint density at radius 2 is 1.71 bits per heavy atom. The third kappa shape index (κ3) is 2.73. The predicted molar refractivity (Wildman–Crippen MR) is 77.8 cm³/mol. The largest absolute Gasteiger partial charge is 0.130 e. The van der Waals surface area contributed by atoms with Gasteiger partial charge in [-0.15, -0.1) is 11.8 Å². The minimum atomic E-state index is 1.08. The van der Waals surface area contributed by atoms with Crippen molar-refractivity contribution in [2.24, 2.45) is 0 Å². The van der Waals surface area contributed by atoms with E-state index in [1.54, 1.807) is 11.8 Å². The van der Waals surface area contributed by atoms with Gasteiger partial charge in [0.25, 0.3) is 0 Å². The Hall–Kier alpha value is -1.21. The average molecular weight is 242 g/mol. The Morgan fingerprint density at radius 3 is 2.29 bits per heavy atom. The first-order chi connectivity index (χ1) is 8.24. The number of thioether (sulfide) groups is 1. The van der Waals surface area contributed by atoms with Crippen LogP contribution in [0, 0.1) is 6.92 Å². The maximum atomic E-state index is 2.28. The molecule has 0 saturated carbocycles. The quantitative estimate of drug-likeness (QED) is 0.686. The molecular formula is C16H18S. The van der Waals surface area contributed by atoms with Gasteiger partial charge >= 0.3 is 0 Å². The lowest BCUT2D eigenvalue weighted by Crippen LogP contribution is -1.88. The summed E-state index contributed by atoms with van der Waals surface area (Å²) in [4.78, 5) is 1.32. The summed E-state index contributed by atoms with van der Waals surface area (Å²) in [7, 11) is 0. The van der Waals surface area contributed by atoms with E-state index in [2.05, 4.69) is 62.6 Å². The zero-order chi connectivity index (χ0) is 12.3. The van der Waals surface area contributed by atoms with E-state index in [1.807, 2.05) is 0 Å². The van der Waals surface area contributed by atoms with Gasteiger partial charge in [0.15, 0.2) is 0 Å². The Balaban J connectivity index is 2.47. The van der Waals surface area contributed by atoms with Crippen molar-refractivity contribution < 1.29 is 0 Å². The van der Waals surface area contributed by atoms with Crippen molar-refractivity contribution in [2.75, 3.05) is 6.26 Å². The van der Waals surface area contributed by atoms with E-state index in [1.165, 1.54) is 27.1 Å². The molecule has 2 aromatic carbocycles. The predicted octanol–water partition coefficient (Wildman–Crippen LogP) is 4.95. The second kappa shape index (κ2) is 5.42. The Labute approximate surface area is 108 Å². The van der Waals surface area contributed by atoms with Crippen LogP contribution < -0.4 is 0 Å². The first-order valence-corrected chi connectivity index (χ1v) is 7.21. The standard InChI is InChI=1S/C16H18S/c1-4-13-6-5-12(2)11-16(13)14-7-9-15(17-3)10-8-14/h5-11H,4H2,1-3H3. The van der Waals surface area contributed by atoms with Crippen LogP contribution in [0.5, 0.6) is 0 Å². The summed E-state index contributed by atoms with van der Waals surface area (Å²) in [6.45, 7) is 4.36. The van der Waals surface area contributed by atoms with Crippen molar-refractivity contribution in [2.45, 2.75) is 25.2 Å². The maximum Gasteiger partial charge on any atom is 0.00695 e. The lowest BCUT2D eigenvalue weighted by atomic mass is 9.96. The van der Waals surface area contributed by atoms with Crippen LogP contribution in [-0.2, 0) is 6.42 Å². The summed E-state index contributed by atoms with van der Waals surface area (Å²) in [5.74, 6) is 0. The molecule has 0 aliphatic heterocycles. The molecule has 0 nitrogen and oxygen atoms in total. The van der Waals surface area contributed by atoms with Crippen LogP contribution in [0.1, 0.15) is 18.1 Å². The van der Waals surface area contributed by atoms with E-state index >= 15 is 0 Å². The fraction of sp³-hybridized carbons (Fsp3) is 0.250. The van der Waals surface area contributed by atoms with Crippen molar-refractivity contribution in [1.29, 1.82) is 0 Å². The molecule has 0 saturated heterocycles. The molecular weight excluding hydrogens is 224 g/mol. The van der Waals surface area contributed by atoms with Gasteiger partial charge in [-0.05, 0) is 48.4 Å². The monoisotopic (exact) mass is 242 g/mol. The van der Waals surface area contributed by atoms with Crippen LogP contribution in [0.25, 0.3) is 11.1 Å². The Bertz CT molecular complexity index is 497. The molecule has 0 aliphatic rings. The summed E-state index contributed by atoms with van der Waals surface area (Å²) in [6, 6.07) is 15.6. The zero-order valence-electron chi connectivity index (χ0n) is 10.7. The highest BCUT2D eigenvalue weighted by atomic mass is 32.2. The molecule has 17 heavy (non-hydrogen) atoms. The summed E-state index contributed by atoms with van der Waals surface area (Å²) in [5, 5.41) is 0. The first-order valence-electron chi connectivity index (χ1n) is 5.98. The summed E-state index contributed by atoms with van der Waals surface area (Å²) in [6.07, 6.45) is 3.19. The van der Waals surface area contributed by atoms with Crippen LogP contribution in [0.3, 0.4) is 0 Å². The van der Waals surface area contributed by atoms with Gasteiger partial charge < -0.3 is 0 Å². The first kappa shape index (κ1) is 12.3. The second-order valence-corrected chi connectivity index (χ2v) is 5.12. The molecule has 2 aromatic rings. The summed E-state index contributed by atoms with van der Waals surface area (Å²) in [5.41, 5.74) is 5.45. The molecule has 0 spiro atoms. The van der Waals surface area contributed by atoms with Gasteiger partial charge in [0.05, 0.1) is 0 Å². The summed E-state index contributed by atoms with van der Waals surface area (Å²) < 4.78 is 0. The topological polar surface area (TPSA) is 0 Å². The third-order valence-electron chi connectivity index (χ3n) is 3.05. The van der Waals surface area contributed by atoms with E-state index in [0.29, 0.717) is 0 Å². The molecule has 0 fully saturated rings. The highest BCUT2D eigenvalue weighted by Gasteiger charge is 2.04. The van der Waals surface area contributed by atoms with Gasteiger partial charge in [0.1, 0.15) is 0 Å². The highest BCUT2D eigenvalue weighted by molar-refractivity contribution is 7.98. The van der Waals surface area contributed by atoms with Gasteiger partial charge in [-0.2, -0.15) is 0 Å². The number of rotatable bonds is 3. The molecule has 0 unspecified atom stereocenters. The normalized spacial score (nSPS) is 10.5. The molecule has 88 valence electrons. The van der Waals surface area contributed by atoms with Crippen molar-refractivity contribution in [3.63, 3.8) is 0 Å². The molecule has 0 N–H and O–H groups in total. The molecule has 0 amide bonds. The van der Waals surface area contributed by atoms with Crippen LogP contribution in [0.15, 0.2) is 47.4 Å². The fourth-order valence-electron chi connectivity index (χ4n) is 2.04. The molecule has 1 heteroatoms. The van der Waals surface area contributed by atoms with Gasteiger partial charge in [0, 0.05) is 4.90 Å². The molecule has 0 radical (unpaired) electrons.